The van der Waals surface area contributed by atoms with E-state index in [-0.39, 0.29) is 0 Å². The fourth-order valence-corrected chi connectivity index (χ4v) is 3.88. The molecule has 2 heterocycles. The Morgan fingerprint density at radius 2 is 1.83 bits per heavy atom. The zero-order valence-corrected chi connectivity index (χ0v) is 17.2. The van der Waals surface area contributed by atoms with Gasteiger partial charge in [-0.25, -0.2) is 0 Å². The summed E-state index contributed by atoms with van der Waals surface area (Å²) in [6.07, 6.45) is 3.72. The maximum Gasteiger partial charge on any atom is 0.127 e. The van der Waals surface area contributed by atoms with Gasteiger partial charge in [0.15, 0.2) is 0 Å². The van der Waals surface area contributed by atoms with Crippen LogP contribution in [0.1, 0.15) is 31.9 Å². The van der Waals surface area contributed by atoms with Crippen LogP contribution in [-0.2, 0) is 6.54 Å². The number of pyridine rings is 1. The van der Waals surface area contributed by atoms with Crippen molar-refractivity contribution in [1.29, 1.82) is 5.41 Å². The topological polar surface area (TPSA) is 63.8 Å². The van der Waals surface area contributed by atoms with Gasteiger partial charge in [0.1, 0.15) is 5.75 Å². The third-order valence-electron chi connectivity index (χ3n) is 5.10. The van der Waals surface area contributed by atoms with Crippen LogP contribution in [0, 0.1) is 5.41 Å². The Bertz CT molecular complexity index is 1250. The normalized spacial score (nSPS) is 11.0. The molecule has 1 N–H and O–H groups in total. The van der Waals surface area contributed by atoms with E-state index in [9.17, 15) is 0 Å². The average molecular weight is 384 g/mol. The van der Waals surface area contributed by atoms with Crippen LogP contribution in [0.4, 0.5) is 0 Å². The highest BCUT2D eigenvalue weighted by Crippen LogP contribution is 2.35. The summed E-state index contributed by atoms with van der Waals surface area (Å²) in [7, 11) is 1.67. The van der Waals surface area contributed by atoms with E-state index >= 15 is 0 Å². The number of aromatic nitrogens is 3. The van der Waals surface area contributed by atoms with Crippen LogP contribution >= 0.6 is 0 Å². The van der Waals surface area contributed by atoms with Gasteiger partial charge in [0.05, 0.1) is 30.9 Å². The standard InChI is InChI=1S/C24H24N4O/c1-15(2)23(16(3)25)20-10-21-19(11-22(20)29-4)24-18(12-26-21)13-27-28(24)14-17-8-6-5-7-9-17/h5-13,25H,14H2,1-4H3. The molecule has 0 atom stereocenters. The van der Waals surface area contributed by atoms with Gasteiger partial charge in [0, 0.05) is 33.8 Å². The Morgan fingerprint density at radius 3 is 2.48 bits per heavy atom. The first kappa shape index (κ1) is 18.9. The van der Waals surface area contributed by atoms with Crippen LogP contribution in [0.25, 0.3) is 27.4 Å². The number of fused-ring (bicyclic) bond motifs is 3. The zero-order valence-electron chi connectivity index (χ0n) is 17.2. The van der Waals surface area contributed by atoms with Gasteiger partial charge in [-0.1, -0.05) is 35.9 Å². The van der Waals surface area contributed by atoms with Crippen molar-refractivity contribution < 1.29 is 4.74 Å². The minimum Gasteiger partial charge on any atom is -0.496 e. The number of rotatable bonds is 5. The van der Waals surface area contributed by atoms with Gasteiger partial charge >= 0.3 is 0 Å². The summed E-state index contributed by atoms with van der Waals surface area (Å²) >= 11 is 0. The molecule has 0 bridgehead atoms. The van der Waals surface area contributed by atoms with Crippen molar-refractivity contribution in [3.63, 3.8) is 0 Å². The highest BCUT2D eigenvalue weighted by molar-refractivity contribution is 6.23. The summed E-state index contributed by atoms with van der Waals surface area (Å²) in [4.78, 5) is 4.66. The second kappa shape index (κ2) is 7.51. The molecule has 2 aromatic carbocycles. The smallest absolute Gasteiger partial charge is 0.127 e. The number of nitrogens with zero attached hydrogens (tertiary/aromatic N) is 3. The fraction of sp³-hybridized carbons (Fsp3) is 0.208. The molecule has 5 heteroatoms. The molecule has 4 rings (SSSR count). The third kappa shape index (κ3) is 3.40. The molecule has 2 aromatic heterocycles. The van der Waals surface area contributed by atoms with Crippen molar-refractivity contribution >= 4 is 33.1 Å². The molecule has 0 unspecified atom stereocenters. The monoisotopic (exact) mass is 384 g/mol. The van der Waals surface area contributed by atoms with Gasteiger partial charge in [-0.15, -0.1) is 0 Å². The second-order valence-corrected chi connectivity index (χ2v) is 7.42. The van der Waals surface area contributed by atoms with E-state index in [1.54, 1.807) is 14.0 Å². The molecule has 0 aliphatic heterocycles. The summed E-state index contributed by atoms with van der Waals surface area (Å²) in [5.41, 5.74) is 6.47. The highest BCUT2D eigenvalue weighted by atomic mass is 16.5. The first-order chi connectivity index (χ1) is 14.0. The average Bonchev–Trinajstić information content (AvgIpc) is 3.11. The van der Waals surface area contributed by atoms with Gasteiger partial charge in [-0.2, -0.15) is 5.10 Å². The van der Waals surface area contributed by atoms with Crippen molar-refractivity contribution in [3.8, 4) is 5.75 Å². The van der Waals surface area contributed by atoms with Crippen LogP contribution in [0.3, 0.4) is 0 Å². The Labute approximate surface area is 170 Å². The summed E-state index contributed by atoms with van der Waals surface area (Å²) in [6, 6.07) is 14.3. The number of hydrogen-bond donors (Lipinski definition) is 1. The molecular weight excluding hydrogens is 360 g/mol. The summed E-state index contributed by atoms with van der Waals surface area (Å²) < 4.78 is 7.74. The molecule has 146 valence electrons. The van der Waals surface area contributed by atoms with E-state index in [1.165, 1.54) is 5.56 Å². The summed E-state index contributed by atoms with van der Waals surface area (Å²) in [5, 5.41) is 14.8. The van der Waals surface area contributed by atoms with Gasteiger partial charge < -0.3 is 10.1 Å². The number of methoxy groups -OCH3 is 1. The number of allylic oxidation sites excluding steroid dienone is 2. The molecule has 0 saturated heterocycles. The lowest BCUT2D eigenvalue weighted by Crippen LogP contribution is -2.03. The van der Waals surface area contributed by atoms with Crippen LogP contribution in [0.15, 0.2) is 60.4 Å². The third-order valence-corrected chi connectivity index (χ3v) is 5.10. The Morgan fingerprint density at radius 1 is 1.07 bits per heavy atom. The van der Waals surface area contributed by atoms with E-state index in [2.05, 4.69) is 22.2 Å². The molecule has 0 aliphatic rings. The fourth-order valence-electron chi connectivity index (χ4n) is 3.88. The maximum atomic E-state index is 8.22. The molecule has 0 aliphatic carbocycles. The lowest BCUT2D eigenvalue weighted by atomic mass is 9.95. The lowest BCUT2D eigenvalue weighted by Gasteiger charge is -2.15. The van der Waals surface area contributed by atoms with Crippen LogP contribution in [0.5, 0.6) is 5.75 Å². The van der Waals surface area contributed by atoms with Crippen LogP contribution in [-0.4, -0.2) is 27.6 Å². The Kier molecular flexibility index (Phi) is 4.89. The molecule has 5 nitrogen and oxygen atoms in total. The largest absolute Gasteiger partial charge is 0.496 e. The molecule has 0 fully saturated rings. The van der Waals surface area contributed by atoms with Gasteiger partial charge in [-0.3, -0.25) is 9.67 Å². The molecule has 0 saturated carbocycles. The van der Waals surface area contributed by atoms with Crippen molar-refractivity contribution in [1.82, 2.24) is 14.8 Å². The summed E-state index contributed by atoms with van der Waals surface area (Å²) in [5.74, 6) is 0.738. The first-order valence-electron chi connectivity index (χ1n) is 9.59. The minimum absolute atomic E-state index is 0.512. The van der Waals surface area contributed by atoms with Gasteiger partial charge in [0.2, 0.25) is 0 Å². The van der Waals surface area contributed by atoms with Crippen LogP contribution < -0.4 is 4.74 Å². The lowest BCUT2D eigenvalue weighted by molar-refractivity contribution is 0.414. The van der Waals surface area contributed by atoms with Crippen molar-refractivity contribution in [2.75, 3.05) is 7.11 Å². The quantitative estimate of drug-likeness (QED) is 0.464. The molecule has 29 heavy (non-hydrogen) atoms. The van der Waals surface area contributed by atoms with Gasteiger partial charge in [-0.05, 0) is 38.5 Å². The zero-order chi connectivity index (χ0) is 20.5. The molecule has 0 radical (unpaired) electrons. The summed E-state index contributed by atoms with van der Waals surface area (Å²) in [6.45, 7) is 6.52. The van der Waals surface area contributed by atoms with Crippen molar-refractivity contribution in [2.45, 2.75) is 27.3 Å². The van der Waals surface area contributed by atoms with Crippen LogP contribution in [0.2, 0.25) is 0 Å². The van der Waals surface area contributed by atoms with Crippen molar-refractivity contribution in [2.24, 2.45) is 0 Å². The van der Waals surface area contributed by atoms with E-state index in [1.807, 2.05) is 61.3 Å². The Hall–Kier alpha value is -3.47. The number of nitrogens with one attached hydrogen (secondary N) is 1. The van der Waals surface area contributed by atoms with E-state index in [4.69, 9.17) is 10.1 Å². The Balaban J connectivity index is 1.96. The minimum atomic E-state index is 0.512. The predicted octanol–water partition coefficient (Wildman–Crippen LogP) is 5.47. The SMILES string of the molecule is COc1cc2c(cc1C(C(C)=N)=C(C)C)ncc1cnn(Cc3ccccc3)c12. The van der Waals surface area contributed by atoms with Gasteiger partial charge in [0.25, 0.3) is 0 Å². The molecular formula is C24H24N4O. The van der Waals surface area contributed by atoms with E-state index in [0.29, 0.717) is 12.3 Å². The van der Waals surface area contributed by atoms with Crippen molar-refractivity contribution in [3.05, 3.63) is 71.6 Å². The number of hydrogen-bond acceptors (Lipinski definition) is 4. The van der Waals surface area contributed by atoms with E-state index in [0.717, 1.165) is 44.3 Å². The molecule has 0 amide bonds. The number of ether oxygens (including phenoxy) is 1. The first-order valence-corrected chi connectivity index (χ1v) is 9.59. The number of benzene rings is 2. The van der Waals surface area contributed by atoms with E-state index < -0.39 is 0 Å². The molecule has 0 spiro atoms. The molecule has 4 aromatic rings. The second-order valence-electron chi connectivity index (χ2n) is 7.42. The highest BCUT2D eigenvalue weighted by Gasteiger charge is 2.17. The predicted molar refractivity (Wildman–Crippen MR) is 119 cm³/mol. The maximum absolute atomic E-state index is 8.22.